The maximum atomic E-state index is 12.5. The average molecular weight is 355 g/mol. The number of nitrogens with one attached hydrogen (secondary N) is 2. The number of aromatic nitrogens is 3. The number of H-pyrrole nitrogens is 1. The van der Waals surface area contributed by atoms with E-state index in [9.17, 15) is 4.79 Å². The summed E-state index contributed by atoms with van der Waals surface area (Å²) < 4.78 is 0. The molecular formula is C18H21N5OS. The molecule has 1 saturated heterocycles. The third kappa shape index (κ3) is 3.57. The molecule has 1 aliphatic rings. The van der Waals surface area contributed by atoms with Gasteiger partial charge in [-0.25, -0.2) is 9.97 Å². The van der Waals surface area contributed by atoms with Crippen molar-refractivity contribution in [2.24, 2.45) is 0 Å². The Kier molecular flexibility index (Phi) is 4.50. The molecule has 25 heavy (non-hydrogen) atoms. The summed E-state index contributed by atoms with van der Waals surface area (Å²) in [5.41, 5.74) is 1.88. The van der Waals surface area contributed by atoms with Crippen LogP contribution in [0.2, 0.25) is 0 Å². The Morgan fingerprint density at radius 3 is 2.96 bits per heavy atom. The van der Waals surface area contributed by atoms with Crippen molar-refractivity contribution in [1.29, 1.82) is 0 Å². The van der Waals surface area contributed by atoms with Gasteiger partial charge in [0.15, 0.2) is 0 Å². The van der Waals surface area contributed by atoms with Gasteiger partial charge in [0.05, 0.1) is 29.8 Å². The van der Waals surface area contributed by atoms with Crippen LogP contribution in [0.5, 0.6) is 0 Å². The number of carbonyl (C=O) groups is 1. The number of nitrogens with zero attached hydrogens (tertiary/aromatic N) is 3. The van der Waals surface area contributed by atoms with Crippen LogP contribution in [-0.2, 0) is 6.54 Å². The zero-order valence-corrected chi connectivity index (χ0v) is 15.0. The van der Waals surface area contributed by atoms with Gasteiger partial charge in [0.25, 0.3) is 5.91 Å². The lowest BCUT2D eigenvalue weighted by molar-refractivity contribution is 0.0942. The molecule has 6 nitrogen and oxygen atoms in total. The average Bonchev–Trinajstić information content (AvgIpc) is 3.35. The van der Waals surface area contributed by atoms with E-state index in [0.717, 1.165) is 41.5 Å². The minimum absolute atomic E-state index is 0.0990. The minimum atomic E-state index is -0.191. The molecule has 2 N–H and O–H groups in total. The van der Waals surface area contributed by atoms with Crippen molar-refractivity contribution >= 4 is 28.3 Å². The number of aromatic amines is 1. The molecule has 2 aromatic heterocycles. The molecule has 0 spiro atoms. The van der Waals surface area contributed by atoms with E-state index in [4.69, 9.17) is 0 Å². The van der Waals surface area contributed by atoms with E-state index in [2.05, 4.69) is 25.2 Å². The Hall–Kier alpha value is -2.25. The van der Waals surface area contributed by atoms with Gasteiger partial charge in [0.2, 0.25) is 0 Å². The lowest BCUT2D eigenvalue weighted by Gasteiger charge is -2.11. The van der Waals surface area contributed by atoms with E-state index in [1.54, 1.807) is 6.20 Å². The van der Waals surface area contributed by atoms with Crippen LogP contribution >= 0.6 is 11.3 Å². The molecule has 0 bridgehead atoms. The van der Waals surface area contributed by atoms with Crippen molar-refractivity contribution in [1.82, 2.24) is 25.2 Å². The topological polar surface area (TPSA) is 73.9 Å². The highest BCUT2D eigenvalue weighted by Crippen LogP contribution is 2.20. The molecule has 1 amide bonds. The highest BCUT2D eigenvalue weighted by atomic mass is 32.1. The van der Waals surface area contributed by atoms with E-state index in [1.165, 1.54) is 24.2 Å². The SMILES string of the molecule is C[C@@H](NC(=O)c1cnc(CN2CCCC2)s1)c1nc2ccccc2[nH]1. The Labute approximate surface area is 150 Å². The molecule has 3 heterocycles. The van der Waals surface area contributed by atoms with Gasteiger partial charge in [0.1, 0.15) is 15.7 Å². The quantitative estimate of drug-likeness (QED) is 0.737. The van der Waals surface area contributed by atoms with Gasteiger partial charge in [-0.05, 0) is 45.0 Å². The standard InChI is InChI=1S/C18H21N5OS/c1-12(17-21-13-6-2-3-7-14(13)22-17)20-18(24)15-10-19-16(25-15)11-23-8-4-5-9-23/h2-3,6-7,10,12H,4-5,8-9,11H2,1H3,(H,20,24)(H,21,22)/t12-/m1/s1. The van der Waals surface area contributed by atoms with E-state index in [-0.39, 0.29) is 11.9 Å². The van der Waals surface area contributed by atoms with Crippen LogP contribution in [-0.4, -0.2) is 38.8 Å². The van der Waals surface area contributed by atoms with Gasteiger partial charge >= 0.3 is 0 Å². The molecule has 7 heteroatoms. The lowest BCUT2D eigenvalue weighted by atomic mass is 10.3. The molecule has 1 aromatic carbocycles. The van der Waals surface area contributed by atoms with Gasteiger partial charge in [0, 0.05) is 0 Å². The molecule has 3 aromatic rings. The largest absolute Gasteiger partial charge is 0.342 e. The Balaban J connectivity index is 1.41. The number of benzene rings is 1. The maximum absolute atomic E-state index is 12.5. The summed E-state index contributed by atoms with van der Waals surface area (Å²) in [7, 11) is 0. The fraction of sp³-hybridized carbons (Fsp3) is 0.389. The first-order valence-electron chi connectivity index (χ1n) is 8.61. The third-order valence-corrected chi connectivity index (χ3v) is 5.48. The van der Waals surface area contributed by atoms with E-state index in [1.807, 2.05) is 31.2 Å². The number of likely N-dealkylation sites (tertiary alicyclic amines) is 1. The normalized spacial score (nSPS) is 16.4. The number of thiazole rings is 1. The molecule has 4 rings (SSSR count). The number of hydrogen-bond acceptors (Lipinski definition) is 5. The van der Waals surface area contributed by atoms with Crippen molar-refractivity contribution in [2.45, 2.75) is 32.4 Å². The van der Waals surface area contributed by atoms with Gasteiger partial charge in [-0.2, -0.15) is 0 Å². The van der Waals surface area contributed by atoms with Crippen LogP contribution < -0.4 is 5.32 Å². The van der Waals surface area contributed by atoms with Crippen LogP contribution in [0.15, 0.2) is 30.5 Å². The van der Waals surface area contributed by atoms with Crippen molar-refractivity contribution in [3.05, 3.63) is 46.2 Å². The first-order valence-corrected chi connectivity index (χ1v) is 9.43. The number of rotatable bonds is 5. The minimum Gasteiger partial charge on any atom is -0.342 e. The van der Waals surface area contributed by atoms with Crippen molar-refractivity contribution < 1.29 is 4.79 Å². The molecule has 1 atom stereocenters. The predicted octanol–water partition coefficient (Wildman–Crippen LogP) is 3.11. The summed E-state index contributed by atoms with van der Waals surface area (Å²) in [4.78, 5) is 27.7. The summed E-state index contributed by atoms with van der Waals surface area (Å²) in [5.74, 6) is 0.662. The molecular weight excluding hydrogens is 334 g/mol. The van der Waals surface area contributed by atoms with Crippen LogP contribution in [0.25, 0.3) is 11.0 Å². The van der Waals surface area contributed by atoms with Gasteiger partial charge in [-0.3, -0.25) is 9.69 Å². The second-order valence-electron chi connectivity index (χ2n) is 6.44. The van der Waals surface area contributed by atoms with E-state index >= 15 is 0 Å². The van der Waals surface area contributed by atoms with E-state index in [0.29, 0.717) is 4.88 Å². The van der Waals surface area contributed by atoms with Crippen molar-refractivity contribution in [2.75, 3.05) is 13.1 Å². The fourth-order valence-corrected chi connectivity index (χ4v) is 4.00. The van der Waals surface area contributed by atoms with Crippen LogP contribution in [0.4, 0.5) is 0 Å². The van der Waals surface area contributed by atoms with Gasteiger partial charge < -0.3 is 10.3 Å². The molecule has 1 aliphatic heterocycles. The number of para-hydroxylation sites is 2. The summed E-state index contributed by atoms with van der Waals surface area (Å²) in [6.07, 6.45) is 4.19. The summed E-state index contributed by atoms with van der Waals surface area (Å²) in [6, 6.07) is 7.66. The lowest BCUT2D eigenvalue weighted by Crippen LogP contribution is -2.26. The summed E-state index contributed by atoms with van der Waals surface area (Å²) >= 11 is 1.47. The Morgan fingerprint density at radius 2 is 2.16 bits per heavy atom. The molecule has 0 unspecified atom stereocenters. The van der Waals surface area contributed by atoms with Gasteiger partial charge in [-0.15, -0.1) is 11.3 Å². The zero-order valence-electron chi connectivity index (χ0n) is 14.2. The molecule has 0 radical (unpaired) electrons. The number of hydrogen-bond donors (Lipinski definition) is 2. The second kappa shape index (κ2) is 6.93. The van der Waals surface area contributed by atoms with Crippen molar-refractivity contribution in [3.63, 3.8) is 0 Å². The van der Waals surface area contributed by atoms with Gasteiger partial charge in [-0.1, -0.05) is 12.1 Å². The van der Waals surface area contributed by atoms with Crippen LogP contribution in [0.3, 0.4) is 0 Å². The van der Waals surface area contributed by atoms with E-state index < -0.39 is 0 Å². The third-order valence-electron chi connectivity index (χ3n) is 4.50. The summed E-state index contributed by atoms with van der Waals surface area (Å²) in [6.45, 7) is 5.03. The zero-order chi connectivity index (χ0) is 17.2. The molecule has 1 fully saturated rings. The van der Waals surface area contributed by atoms with Crippen molar-refractivity contribution in [3.8, 4) is 0 Å². The Bertz CT molecular complexity index is 847. The highest BCUT2D eigenvalue weighted by molar-refractivity contribution is 7.13. The molecule has 0 saturated carbocycles. The maximum Gasteiger partial charge on any atom is 0.263 e. The summed E-state index contributed by atoms with van der Waals surface area (Å²) in [5, 5.41) is 4.01. The number of imidazole rings is 1. The first-order chi connectivity index (χ1) is 12.2. The second-order valence-corrected chi connectivity index (χ2v) is 7.55. The molecule has 0 aliphatic carbocycles. The monoisotopic (exact) mass is 355 g/mol. The van der Waals surface area contributed by atoms with Crippen LogP contribution in [0.1, 0.15) is 46.3 Å². The Morgan fingerprint density at radius 1 is 1.36 bits per heavy atom. The number of fused-ring (bicyclic) bond motifs is 1. The number of amides is 1. The highest BCUT2D eigenvalue weighted by Gasteiger charge is 2.18. The smallest absolute Gasteiger partial charge is 0.263 e. The number of carbonyl (C=O) groups excluding carboxylic acids is 1. The van der Waals surface area contributed by atoms with Crippen LogP contribution in [0, 0.1) is 0 Å². The predicted molar refractivity (Wildman–Crippen MR) is 98.6 cm³/mol. The first kappa shape index (κ1) is 16.2. The fourth-order valence-electron chi connectivity index (χ4n) is 3.13. The molecule has 130 valence electrons.